The largest absolute Gasteiger partial charge is 0.457 e. The lowest BCUT2D eigenvalue weighted by Crippen LogP contribution is -2.27. The van der Waals surface area contributed by atoms with Crippen LogP contribution in [0.2, 0.25) is 5.02 Å². The Balaban J connectivity index is 1.52. The number of carbonyl (C=O) groups excluding carboxylic acids is 1. The van der Waals surface area contributed by atoms with Crippen LogP contribution < -0.4 is 0 Å². The van der Waals surface area contributed by atoms with Gasteiger partial charge >= 0.3 is 0 Å². The van der Waals surface area contributed by atoms with Gasteiger partial charge in [-0.05, 0) is 48.9 Å². The minimum Gasteiger partial charge on any atom is -0.457 e. The van der Waals surface area contributed by atoms with Crippen LogP contribution in [-0.4, -0.2) is 15.1 Å². The van der Waals surface area contributed by atoms with E-state index < -0.39 is 0 Å². The maximum Gasteiger partial charge on any atom is 0.266 e. The standard InChI is InChI=1S/C22H16ClNO2S2/c1-14-2-4-15(5-3-14)13-24-21(25)20(28-22(24)27)12-18-10-11-19(26-18)16-6-8-17(23)9-7-16/h2-12H,13H2,1H3/b20-12-. The van der Waals surface area contributed by atoms with Crippen molar-refractivity contribution in [3.8, 4) is 11.3 Å². The van der Waals surface area contributed by atoms with Gasteiger partial charge in [-0.3, -0.25) is 9.69 Å². The minimum absolute atomic E-state index is 0.0972. The molecule has 0 saturated carbocycles. The third-order valence-corrected chi connectivity index (χ3v) is 5.99. The van der Waals surface area contributed by atoms with E-state index in [9.17, 15) is 4.79 Å². The van der Waals surface area contributed by atoms with Gasteiger partial charge in [-0.15, -0.1) is 0 Å². The fraction of sp³-hybridized carbons (Fsp3) is 0.0909. The molecule has 0 aliphatic carbocycles. The number of aryl methyl sites for hydroxylation is 1. The second kappa shape index (κ2) is 7.95. The number of halogens is 1. The predicted octanol–water partition coefficient (Wildman–Crippen LogP) is 6.31. The van der Waals surface area contributed by atoms with Crippen molar-refractivity contribution in [3.05, 3.63) is 87.5 Å². The van der Waals surface area contributed by atoms with Gasteiger partial charge in [0.2, 0.25) is 0 Å². The molecule has 0 radical (unpaired) electrons. The van der Waals surface area contributed by atoms with Crippen molar-refractivity contribution in [1.82, 2.24) is 4.90 Å². The van der Waals surface area contributed by atoms with Crippen LogP contribution in [-0.2, 0) is 11.3 Å². The van der Waals surface area contributed by atoms with Gasteiger partial charge in [0.1, 0.15) is 15.8 Å². The van der Waals surface area contributed by atoms with E-state index in [4.69, 9.17) is 28.2 Å². The lowest BCUT2D eigenvalue weighted by Gasteiger charge is -2.14. The number of benzene rings is 2. The highest BCUT2D eigenvalue weighted by Crippen LogP contribution is 2.34. The topological polar surface area (TPSA) is 33.5 Å². The number of nitrogens with zero attached hydrogens (tertiary/aromatic N) is 1. The number of furan rings is 1. The molecular formula is C22H16ClNO2S2. The quantitative estimate of drug-likeness (QED) is 0.362. The molecule has 0 atom stereocenters. The zero-order valence-electron chi connectivity index (χ0n) is 15.0. The highest BCUT2D eigenvalue weighted by Gasteiger charge is 2.32. The van der Waals surface area contributed by atoms with Crippen LogP contribution in [0.3, 0.4) is 0 Å². The number of amides is 1. The van der Waals surface area contributed by atoms with Crippen molar-refractivity contribution in [2.24, 2.45) is 0 Å². The molecule has 0 bridgehead atoms. The molecule has 1 aliphatic rings. The summed E-state index contributed by atoms with van der Waals surface area (Å²) in [5, 5.41) is 0.674. The van der Waals surface area contributed by atoms with Crippen LogP contribution >= 0.6 is 35.6 Å². The number of thioether (sulfide) groups is 1. The van der Waals surface area contributed by atoms with E-state index in [1.165, 1.54) is 17.3 Å². The molecular weight excluding hydrogens is 410 g/mol. The van der Waals surface area contributed by atoms with Gasteiger partial charge < -0.3 is 4.42 Å². The Bertz CT molecular complexity index is 1070. The van der Waals surface area contributed by atoms with E-state index in [1.54, 1.807) is 11.0 Å². The highest BCUT2D eigenvalue weighted by atomic mass is 35.5. The second-order valence-corrected chi connectivity index (χ2v) is 8.57. The summed E-state index contributed by atoms with van der Waals surface area (Å²) in [6, 6.07) is 19.2. The number of carbonyl (C=O) groups is 1. The molecule has 1 fully saturated rings. The van der Waals surface area contributed by atoms with E-state index in [-0.39, 0.29) is 5.91 Å². The first-order valence-corrected chi connectivity index (χ1v) is 10.3. The summed E-state index contributed by atoms with van der Waals surface area (Å²) in [6.45, 7) is 2.50. The molecule has 3 nitrogen and oxygen atoms in total. The molecule has 0 spiro atoms. The zero-order valence-corrected chi connectivity index (χ0v) is 17.4. The van der Waals surface area contributed by atoms with Gasteiger partial charge in [0.25, 0.3) is 5.91 Å². The zero-order chi connectivity index (χ0) is 19.7. The van der Waals surface area contributed by atoms with Crippen molar-refractivity contribution in [1.29, 1.82) is 0 Å². The van der Waals surface area contributed by atoms with Gasteiger partial charge in [-0.2, -0.15) is 0 Å². The van der Waals surface area contributed by atoms with Gasteiger partial charge in [0, 0.05) is 16.7 Å². The monoisotopic (exact) mass is 425 g/mol. The minimum atomic E-state index is -0.0972. The molecule has 140 valence electrons. The summed E-state index contributed by atoms with van der Waals surface area (Å²) < 4.78 is 6.43. The first-order chi connectivity index (χ1) is 13.5. The third kappa shape index (κ3) is 4.07. The Labute approximate surface area is 178 Å². The summed E-state index contributed by atoms with van der Waals surface area (Å²) in [5.41, 5.74) is 3.16. The van der Waals surface area contributed by atoms with Crippen LogP contribution in [0.25, 0.3) is 17.4 Å². The van der Waals surface area contributed by atoms with Crippen molar-refractivity contribution < 1.29 is 9.21 Å². The maximum absolute atomic E-state index is 12.8. The maximum atomic E-state index is 12.8. The van der Waals surface area contributed by atoms with Gasteiger partial charge in [0.15, 0.2) is 0 Å². The average Bonchev–Trinajstić information content (AvgIpc) is 3.24. The van der Waals surface area contributed by atoms with E-state index in [2.05, 4.69) is 0 Å². The Kier molecular flexibility index (Phi) is 5.40. The molecule has 28 heavy (non-hydrogen) atoms. The van der Waals surface area contributed by atoms with E-state index in [0.717, 1.165) is 16.9 Å². The van der Waals surface area contributed by atoms with Gasteiger partial charge in [0.05, 0.1) is 11.4 Å². The summed E-state index contributed by atoms with van der Waals surface area (Å²) in [4.78, 5) is 15.0. The molecule has 1 aromatic heterocycles. The van der Waals surface area contributed by atoms with Gasteiger partial charge in [-0.1, -0.05) is 65.4 Å². The van der Waals surface area contributed by atoms with Crippen molar-refractivity contribution >= 4 is 51.9 Å². The van der Waals surface area contributed by atoms with E-state index in [0.29, 0.717) is 26.6 Å². The van der Waals surface area contributed by atoms with Crippen LogP contribution in [0.1, 0.15) is 16.9 Å². The molecule has 0 N–H and O–H groups in total. The smallest absolute Gasteiger partial charge is 0.266 e. The summed E-state index contributed by atoms with van der Waals surface area (Å²) in [5.74, 6) is 1.24. The Morgan fingerprint density at radius 3 is 2.50 bits per heavy atom. The van der Waals surface area contributed by atoms with Crippen LogP contribution in [0, 0.1) is 6.92 Å². The number of hydrogen-bond donors (Lipinski definition) is 0. The van der Waals surface area contributed by atoms with E-state index in [1.807, 2.05) is 67.6 Å². The first kappa shape index (κ1) is 19.0. The molecule has 1 saturated heterocycles. The van der Waals surface area contributed by atoms with E-state index >= 15 is 0 Å². The van der Waals surface area contributed by atoms with Crippen LogP contribution in [0.5, 0.6) is 0 Å². The van der Waals surface area contributed by atoms with Crippen LogP contribution in [0.4, 0.5) is 0 Å². The summed E-state index contributed by atoms with van der Waals surface area (Å²) >= 11 is 12.6. The normalized spacial score (nSPS) is 15.6. The third-order valence-electron chi connectivity index (χ3n) is 4.36. The Morgan fingerprint density at radius 1 is 1.07 bits per heavy atom. The predicted molar refractivity (Wildman–Crippen MR) is 119 cm³/mol. The number of rotatable bonds is 4. The molecule has 4 rings (SSSR count). The fourth-order valence-electron chi connectivity index (χ4n) is 2.84. The fourth-order valence-corrected chi connectivity index (χ4v) is 4.20. The van der Waals surface area contributed by atoms with Crippen LogP contribution in [0.15, 0.2) is 70.0 Å². The lowest BCUT2D eigenvalue weighted by molar-refractivity contribution is -0.122. The number of thiocarbonyl (C=S) groups is 1. The molecule has 3 aromatic rings. The molecule has 2 aromatic carbocycles. The summed E-state index contributed by atoms with van der Waals surface area (Å²) in [6.07, 6.45) is 1.74. The Hall–Kier alpha value is -2.34. The van der Waals surface area contributed by atoms with Crippen molar-refractivity contribution in [2.45, 2.75) is 13.5 Å². The molecule has 0 unspecified atom stereocenters. The SMILES string of the molecule is Cc1ccc(CN2C(=O)/C(=C/c3ccc(-c4ccc(Cl)cc4)o3)SC2=S)cc1. The first-order valence-electron chi connectivity index (χ1n) is 8.66. The van der Waals surface area contributed by atoms with Crippen molar-refractivity contribution in [3.63, 3.8) is 0 Å². The Morgan fingerprint density at radius 2 is 1.79 bits per heavy atom. The molecule has 1 aliphatic heterocycles. The summed E-state index contributed by atoms with van der Waals surface area (Å²) in [7, 11) is 0. The molecule has 1 amide bonds. The van der Waals surface area contributed by atoms with Gasteiger partial charge in [-0.25, -0.2) is 0 Å². The molecule has 2 heterocycles. The lowest BCUT2D eigenvalue weighted by atomic mass is 10.1. The van der Waals surface area contributed by atoms with Crippen molar-refractivity contribution in [2.75, 3.05) is 0 Å². The highest BCUT2D eigenvalue weighted by molar-refractivity contribution is 8.26. The number of hydrogen-bond acceptors (Lipinski definition) is 4. The average molecular weight is 426 g/mol. The molecule has 6 heteroatoms. The second-order valence-electron chi connectivity index (χ2n) is 6.46.